The molecular weight excluding hydrogens is 362 g/mol. The van der Waals surface area contributed by atoms with Crippen LogP contribution in [0.3, 0.4) is 0 Å². The summed E-state index contributed by atoms with van der Waals surface area (Å²) in [6, 6.07) is 17.8. The minimum atomic E-state index is -0.457. The lowest BCUT2D eigenvalue weighted by Gasteiger charge is -2.16. The van der Waals surface area contributed by atoms with E-state index in [2.05, 4.69) is 15.8 Å². The van der Waals surface area contributed by atoms with Crippen molar-refractivity contribution in [2.45, 2.75) is 19.4 Å². The van der Waals surface area contributed by atoms with E-state index >= 15 is 0 Å². The summed E-state index contributed by atoms with van der Waals surface area (Å²) in [6.07, 6.45) is 2.04. The lowest BCUT2D eigenvalue weighted by Crippen LogP contribution is -2.36. The molecule has 0 saturated heterocycles. The van der Waals surface area contributed by atoms with Gasteiger partial charge in [0.05, 0.1) is 6.21 Å². The second-order valence-corrected chi connectivity index (χ2v) is 6.51. The van der Waals surface area contributed by atoms with Crippen LogP contribution in [-0.4, -0.2) is 23.3 Å². The molecule has 0 bridgehead atoms. The van der Waals surface area contributed by atoms with E-state index in [0.29, 0.717) is 17.0 Å². The van der Waals surface area contributed by atoms with Gasteiger partial charge in [0.25, 0.3) is 5.91 Å². The van der Waals surface area contributed by atoms with Gasteiger partial charge in [-0.3, -0.25) is 4.79 Å². The maximum atomic E-state index is 12.4. The van der Waals surface area contributed by atoms with Crippen molar-refractivity contribution in [1.29, 1.82) is 0 Å². The van der Waals surface area contributed by atoms with E-state index in [1.54, 1.807) is 18.2 Å². The van der Waals surface area contributed by atoms with Gasteiger partial charge in [-0.25, -0.2) is 5.43 Å². The molecule has 3 rings (SSSR count). The maximum absolute atomic E-state index is 12.4. The van der Waals surface area contributed by atoms with Gasteiger partial charge in [-0.2, -0.15) is 5.10 Å². The lowest BCUT2D eigenvalue weighted by molar-refractivity contribution is -0.121. The number of hydrogen-bond donors (Lipinski definition) is 3. The van der Waals surface area contributed by atoms with Crippen LogP contribution in [0.1, 0.15) is 18.9 Å². The summed E-state index contributed by atoms with van der Waals surface area (Å²) in [6.45, 7) is 1.90. The molecule has 0 aliphatic rings. The Bertz CT molecular complexity index is 988. The normalized spacial score (nSPS) is 12.2. The summed E-state index contributed by atoms with van der Waals surface area (Å²) in [5.74, 6) is -0.163. The summed E-state index contributed by atoms with van der Waals surface area (Å²) in [4.78, 5) is 12.4. The van der Waals surface area contributed by atoms with Gasteiger partial charge in [0.2, 0.25) is 0 Å². The van der Waals surface area contributed by atoms with Gasteiger partial charge in [-0.15, -0.1) is 0 Å². The van der Waals surface area contributed by atoms with Crippen molar-refractivity contribution in [3.63, 3.8) is 0 Å². The highest BCUT2D eigenvalue weighted by Gasteiger charge is 2.15. The van der Waals surface area contributed by atoms with Crippen LogP contribution in [-0.2, 0) is 4.79 Å². The van der Waals surface area contributed by atoms with Gasteiger partial charge in [0, 0.05) is 16.3 Å². The Labute approximate surface area is 162 Å². The number of nitrogens with zero attached hydrogens (tertiary/aromatic N) is 1. The molecule has 0 heterocycles. The topological polar surface area (TPSA) is 73.7 Å². The molecule has 6 heteroatoms. The van der Waals surface area contributed by atoms with Gasteiger partial charge in [0.15, 0.2) is 0 Å². The number of hydrazone groups is 1. The van der Waals surface area contributed by atoms with E-state index in [1.807, 2.05) is 49.4 Å². The van der Waals surface area contributed by atoms with Crippen molar-refractivity contribution in [2.24, 2.45) is 5.10 Å². The van der Waals surface area contributed by atoms with E-state index in [-0.39, 0.29) is 11.7 Å². The van der Waals surface area contributed by atoms with Gasteiger partial charge in [-0.05, 0) is 41.5 Å². The first-order valence-corrected chi connectivity index (χ1v) is 9.02. The number of benzene rings is 3. The van der Waals surface area contributed by atoms with E-state index in [0.717, 1.165) is 16.5 Å². The largest absolute Gasteiger partial charge is 0.507 e. The minimum Gasteiger partial charge on any atom is -0.507 e. The van der Waals surface area contributed by atoms with Gasteiger partial charge >= 0.3 is 0 Å². The smallest absolute Gasteiger partial charge is 0.262 e. The van der Waals surface area contributed by atoms with Crippen molar-refractivity contribution in [1.82, 2.24) is 5.43 Å². The van der Waals surface area contributed by atoms with Crippen LogP contribution in [0.5, 0.6) is 5.75 Å². The summed E-state index contributed by atoms with van der Waals surface area (Å²) < 4.78 is 0. The highest BCUT2D eigenvalue weighted by Crippen LogP contribution is 2.25. The zero-order valence-electron chi connectivity index (χ0n) is 14.8. The quantitative estimate of drug-likeness (QED) is 0.433. The molecule has 3 aromatic carbocycles. The molecule has 1 amide bonds. The van der Waals surface area contributed by atoms with Crippen LogP contribution in [0.4, 0.5) is 5.69 Å². The molecule has 3 aromatic rings. The molecule has 0 aromatic heterocycles. The molecule has 0 aliphatic heterocycles. The predicted molar refractivity (Wildman–Crippen MR) is 111 cm³/mol. The molecule has 0 unspecified atom stereocenters. The zero-order chi connectivity index (χ0) is 19.2. The van der Waals surface area contributed by atoms with Gasteiger partial charge < -0.3 is 10.4 Å². The standard InChI is InChI=1S/C21H20ClN3O2/c1-2-19(24-16-8-5-7-15(22)12-16)21(27)25-23-13-18-17-9-4-3-6-14(17)10-11-20(18)26/h3-13,19,24,26H,2H2,1H3,(H,25,27)/b23-13-/t19-/m0/s1. The maximum Gasteiger partial charge on any atom is 0.262 e. The number of hydrogen-bond acceptors (Lipinski definition) is 4. The molecule has 0 saturated carbocycles. The first-order valence-electron chi connectivity index (χ1n) is 8.64. The number of phenols is 1. The number of amides is 1. The number of carbonyl (C=O) groups is 1. The first-order chi connectivity index (χ1) is 13.1. The molecule has 0 fully saturated rings. The SMILES string of the molecule is CC[C@H](Nc1cccc(Cl)c1)C(=O)N/N=C\c1c(O)ccc2ccccc12. The van der Waals surface area contributed by atoms with Crippen LogP contribution in [0.2, 0.25) is 5.02 Å². The number of phenolic OH excluding ortho intramolecular Hbond substituents is 1. The fourth-order valence-corrected chi connectivity index (χ4v) is 2.98. The predicted octanol–water partition coefficient (Wildman–Crippen LogP) is 4.54. The number of anilines is 1. The van der Waals surface area contributed by atoms with Crippen molar-refractivity contribution in [3.8, 4) is 5.75 Å². The van der Waals surface area contributed by atoms with E-state index < -0.39 is 6.04 Å². The number of halogens is 1. The molecule has 5 nitrogen and oxygen atoms in total. The summed E-state index contributed by atoms with van der Waals surface area (Å²) >= 11 is 5.98. The molecule has 27 heavy (non-hydrogen) atoms. The molecule has 0 spiro atoms. The molecule has 1 atom stereocenters. The number of rotatable bonds is 6. The Morgan fingerprint density at radius 2 is 2.00 bits per heavy atom. The molecule has 3 N–H and O–H groups in total. The Hall–Kier alpha value is -3.05. The average molecular weight is 382 g/mol. The second-order valence-electron chi connectivity index (χ2n) is 6.07. The second kappa shape index (κ2) is 8.56. The van der Waals surface area contributed by atoms with Crippen molar-refractivity contribution >= 4 is 40.2 Å². The lowest BCUT2D eigenvalue weighted by atomic mass is 10.0. The zero-order valence-corrected chi connectivity index (χ0v) is 15.6. The highest BCUT2D eigenvalue weighted by molar-refractivity contribution is 6.30. The van der Waals surface area contributed by atoms with Crippen molar-refractivity contribution in [3.05, 3.63) is 71.2 Å². The van der Waals surface area contributed by atoms with Crippen LogP contribution < -0.4 is 10.7 Å². The Kier molecular flexibility index (Phi) is 5.94. The highest BCUT2D eigenvalue weighted by atomic mass is 35.5. The summed E-state index contributed by atoms with van der Waals surface area (Å²) in [7, 11) is 0. The monoisotopic (exact) mass is 381 g/mol. The van der Waals surface area contributed by atoms with Crippen LogP contribution in [0.25, 0.3) is 10.8 Å². The van der Waals surface area contributed by atoms with Crippen molar-refractivity contribution < 1.29 is 9.90 Å². The van der Waals surface area contributed by atoms with Gasteiger partial charge in [-0.1, -0.05) is 54.9 Å². The van der Waals surface area contributed by atoms with Crippen LogP contribution in [0, 0.1) is 0 Å². The van der Waals surface area contributed by atoms with Gasteiger partial charge in [0.1, 0.15) is 11.8 Å². The Balaban J connectivity index is 1.72. The number of aromatic hydroxyl groups is 1. The third-order valence-corrected chi connectivity index (χ3v) is 4.44. The number of fused-ring (bicyclic) bond motifs is 1. The fraction of sp³-hybridized carbons (Fsp3) is 0.143. The van der Waals surface area contributed by atoms with Crippen molar-refractivity contribution in [2.75, 3.05) is 5.32 Å². The summed E-state index contributed by atoms with van der Waals surface area (Å²) in [5.41, 5.74) is 3.86. The van der Waals surface area contributed by atoms with Crippen LogP contribution in [0.15, 0.2) is 65.8 Å². The Morgan fingerprint density at radius 1 is 1.19 bits per heavy atom. The van der Waals surface area contributed by atoms with E-state index in [4.69, 9.17) is 11.6 Å². The fourth-order valence-electron chi connectivity index (χ4n) is 2.79. The molecule has 0 radical (unpaired) electrons. The van der Waals surface area contributed by atoms with Crippen LogP contribution >= 0.6 is 11.6 Å². The van der Waals surface area contributed by atoms with E-state index in [9.17, 15) is 9.90 Å². The molecule has 138 valence electrons. The number of carbonyl (C=O) groups excluding carboxylic acids is 1. The molecular formula is C21H20ClN3O2. The van der Waals surface area contributed by atoms with E-state index in [1.165, 1.54) is 6.21 Å². The molecule has 0 aliphatic carbocycles. The number of nitrogens with one attached hydrogen (secondary N) is 2. The first kappa shape index (κ1) is 18.7. The third-order valence-electron chi connectivity index (χ3n) is 4.21. The third kappa shape index (κ3) is 4.57. The summed E-state index contributed by atoms with van der Waals surface area (Å²) in [5, 5.41) is 19.7. The Morgan fingerprint density at radius 3 is 2.78 bits per heavy atom. The average Bonchev–Trinajstić information content (AvgIpc) is 2.67. The minimum absolute atomic E-state index is 0.107.